The van der Waals surface area contributed by atoms with Crippen molar-refractivity contribution in [3.8, 4) is 0 Å². The van der Waals surface area contributed by atoms with Crippen molar-refractivity contribution in [2.75, 3.05) is 0 Å². The maximum absolute atomic E-state index is 9.22. The number of benzene rings is 1. The summed E-state index contributed by atoms with van der Waals surface area (Å²) in [7, 11) is 0. The number of hydrogen-bond acceptors (Lipinski definition) is 1. The highest BCUT2D eigenvalue weighted by molar-refractivity contribution is 5.84. The van der Waals surface area contributed by atoms with Crippen LogP contribution in [0.15, 0.2) is 24.3 Å². The second-order valence-corrected chi connectivity index (χ2v) is 3.55. The van der Waals surface area contributed by atoms with Crippen molar-refractivity contribution in [1.29, 1.82) is 0 Å². The first-order valence-corrected chi connectivity index (χ1v) is 4.96. The molecule has 2 heteroatoms. The molecule has 0 aliphatic carbocycles. The number of aryl methyl sites for hydroxylation is 2. The number of aromatic nitrogens is 1. The Labute approximate surface area is 83.8 Å². The van der Waals surface area contributed by atoms with Gasteiger partial charge in [-0.2, -0.15) is 0 Å². The Bertz CT molecular complexity index is 457. The van der Waals surface area contributed by atoms with Gasteiger partial charge < -0.3 is 9.67 Å². The third-order valence-corrected chi connectivity index (χ3v) is 2.73. The fourth-order valence-electron chi connectivity index (χ4n) is 1.99. The molecule has 74 valence electrons. The molecule has 1 N–H and O–H groups in total. The zero-order chi connectivity index (χ0) is 10.1. The van der Waals surface area contributed by atoms with Crippen molar-refractivity contribution in [3.05, 3.63) is 35.5 Å². The van der Waals surface area contributed by atoms with Crippen molar-refractivity contribution in [2.24, 2.45) is 0 Å². The minimum Gasteiger partial charge on any atom is -0.390 e. The van der Waals surface area contributed by atoms with Crippen LogP contribution < -0.4 is 0 Å². The van der Waals surface area contributed by atoms with Gasteiger partial charge in [0, 0.05) is 23.1 Å². The molecule has 0 radical (unpaired) electrons. The van der Waals surface area contributed by atoms with Gasteiger partial charge in [0.2, 0.25) is 0 Å². The maximum Gasteiger partial charge on any atom is 0.0833 e. The smallest absolute Gasteiger partial charge is 0.0833 e. The predicted octanol–water partition coefficient (Wildman–Crippen LogP) is 2.46. The van der Waals surface area contributed by atoms with E-state index >= 15 is 0 Å². The number of fused-ring (bicyclic) bond motifs is 1. The third-order valence-electron chi connectivity index (χ3n) is 2.73. The summed E-state index contributed by atoms with van der Waals surface area (Å²) in [5.41, 5.74) is 3.48. The van der Waals surface area contributed by atoms with E-state index in [2.05, 4.69) is 42.7 Å². The second-order valence-electron chi connectivity index (χ2n) is 3.55. The summed E-state index contributed by atoms with van der Waals surface area (Å²) in [5, 5.41) is 10.5. The highest BCUT2D eigenvalue weighted by Gasteiger charge is 2.07. The Hall–Kier alpha value is -1.28. The molecule has 2 nitrogen and oxygen atoms in total. The van der Waals surface area contributed by atoms with Crippen LogP contribution in [0, 0.1) is 6.92 Å². The lowest BCUT2D eigenvalue weighted by molar-refractivity contribution is 0.272. The lowest BCUT2D eigenvalue weighted by atomic mass is 10.1. The molecule has 0 aliphatic rings. The van der Waals surface area contributed by atoms with E-state index in [-0.39, 0.29) is 6.61 Å². The van der Waals surface area contributed by atoms with Gasteiger partial charge in [-0.25, -0.2) is 0 Å². The Morgan fingerprint density at radius 1 is 1.36 bits per heavy atom. The molecule has 0 fully saturated rings. The molecular weight excluding hydrogens is 174 g/mol. The standard InChI is InChI=1S/C12H15NO/c1-3-13-10(8-14)7-11-9(2)5-4-6-12(11)13/h4-7,14H,3,8H2,1-2H3. The van der Waals surface area contributed by atoms with Crippen LogP contribution in [-0.2, 0) is 13.2 Å². The Kier molecular flexibility index (Phi) is 2.30. The lowest BCUT2D eigenvalue weighted by Crippen LogP contribution is -1.99. The molecule has 0 amide bonds. The van der Waals surface area contributed by atoms with E-state index < -0.39 is 0 Å². The molecule has 0 saturated carbocycles. The Balaban J connectivity index is 2.79. The summed E-state index contributed by atoms with van der Waals surface area (Å²) >= 11 is 0. The monoisotopic (exact) mass is 189 g/mol. The molecule has 2 rings (SSSR count). The Morgan fingerprint density at radius 2 is 2.14 bits per heavy atom. The molecule has 0 aliphatic heterocycles. The third kappa shape index (κ3) is 1.23. The van der Waals surface area contributed by atoms with Crippen LogP contribution in [0.5, 0.6) is 0 Å². The summed E-state index contributed by atoms with van der Waals surface area (Å²) in [5.74, 6) is 0. The topological polar surface area (TPSA) is 25.2 Å². The van der Waals surface area contributed by atoms with Crippen LogP contribution in [0.1, 0.15) is 18.2 Å². The Morgan fingerprint density at radius 3 is 2.79 bits per heavy atom. The fraction of sp³-hybridized carbons (Fsp3) is 0.333. The normalized spacial score (nSPS) is 11.1. The van der Waals surface area contributed by atoms with Gasteiger partial charge in [0.05, 0.1) is 6.61 Å². The van der Waals surface area contributed by atoms with Gasteiger partial charge in [-0.3, -0.25) is 0 Å². The van der Waals surface area contributed by atoms with Crippen molar-refractivity contribution >= 4 is 10.9 Å². The van der Waals surface area contributed by atoms with E-state index in [0.717, 1.165) is 12.2 Å². The predicted molar refractivity (Wildman–Crippen MR) is 58.3 cm³/mol. The van der Waals surface area contributed by atoms with Gasteiger partial charge in [-0.1, -0.05) is 12.1 Å². The summed E-state index contributed by atoms with van der Waals surface area (Å²) in [4.78, 5) is 0. The van der Waals surface area contributed by atoms with Crippen LogP contribution in [0.25, 0.3) is 10.9 Å². The minimum atomic E-state index is 0.113. The largest absolute Gasteiger partial charge is 0.390 e. The SMILES string of the molecule is CCn1c(CO)cc2c(C)cccc21. The molecule has 0 spiro atoms. The van der Waals surface area contributed by atoms with Gasteiger partial charge in [0.15, 0.2) is 0 Å². The summed E-state index contributed by atoms with van der Waals surface area (Å²) in [6.45, 7) is 5.22. The van der Waals surface area contributed by atoms with Gasteiger partial charge in [0.25, 0.3) is 0 Å². The number of rotatable bonds is 2. The molecule has 0 bridgehead atoms. The van der Waals surface area contributed by atoms with Crippen LogP contribution >= 0.6 is 0 Å². The van der Waals surface area contributed by atoms with Crippen LogP contribution in [0.4, 0.5) is 0 Å². The van der Waals surface area contributed by atoms with Crippen molar-refractivity contribution in [2.45, 2.75) is 27.0 Å². The summed E-state index contributed by atoms with van der Waals surface area (Å²) in [6, 6.07) is 8.34. The molecular formula is C12H15NO. The average molecular weight is 189 g/mol. The lowest BCUT2D eigenvalue weighted by Gasteiger charge is -2.05. The average Bonchev–Trinajstić information content (AvgIpc) is 2.57. The summed E-state index contributed by atoms with van der Waals surface area (Å²) < 4.78 is 2.16. The van der Waals surface area contributed by atoms with Gasteiger partial charge in [-0.15, -0.1) is 0 Å². The van der Waals surface area contributed by atoms with E-state index in [1.807, 2.05) is 0 Å². The minimum absolute atomic E-state index is 0.113. The first kappa shape index (κ1) is 9.28. The van der Waals surface area contributed by atoms with Crippen LogP contribution in [0.2, 0.25) is 0 Å². The van der Waals surface area contributed by atoms with Crippen molar-refractivity contribution in [3.63, 3.8) is 0 Å². The second kappa shape index (κ2) is 3.46. The number of nitrogens with zero attached hydrogens (tertiary/aromatic N) is 1. The van der Waals surface area contributed by atoms with E-state index in [1.165, 1.54) is 16.5 Å². The first-order chi connectivity index (χ1) is 6.77. The zero-order valence-electron chi connectivity index (χ0n) is 8.62. The number of aliphatic hydroxyl groups is 1. The molecule has 0 saturated heterocycles. The zero-order valence-corrected chi connectivity index (χ0v) is 8.62. The first-order valence-electron chi connectivity index (χ1n) is 4.96. The number of aliphatic hydroxyl groups excluding tert-OH is 1. The quantitative estimate of drug-likeness (QED) is 0.771. The summed E-state index contributed by atoms with van der Waals surface area (Å²) in [6.07, 6.45) is 0. The molecule has 2 aromatic rings. The fourth-order valence-corrected chi connectivity index (χ4v) is 1.99. The van der Waals surface area contributed by atoms with E-state index in [4.69, 9.17) is 0 Å². The van der Waals surface area contributed by atoms with Crippen LogP contribution in [-0.4, -0.2) is 9.67 Å². The van der Waals surface area contributed by atoms with Crippen molar-refractivity contribution in [1.82, 2.24) is 4.57 Å². The molecule has 1 aromatic heterocycles. The highest BCUT2D eigenvalue weighted by Crippen LogP contribution is 2.22. The molecule has 1 aromatic carbocycles. The maximum atomic E-state index is 9.22. The van der Waals surface area contributed by atoms with Crippen LogP contribution in [0.3, 0.4) is 0 Å². The van der Waals surface area contributed by atoms with E-state index in [9.17, 15) is 5.11 Å². The molecule has 1 heterocycles. The van der Waals surface area contributed by atoms with Gasteiger partial charge in [0.1, 0.15) is 0 Å². The molecule has 14 heavy (non-hydrogen) atoms. The van der Waals surface area contributed by atoms with E-state index in [1.54, 1.807) is 0 Å². The van der Waals surface area contributed by atoms with Gasteiger partial charge in [-0.05, 0) is 31.5 Å². The molecule has 0 atom stereocenters. The molecule has 0 unspecified atom stereocenters. The number of hydrogen-bond donors (Lipinski definition) is 1. The van der Waals surface area contributed by atoms with Crippen molar-refractivity contribution < 1.29 is 5.11 Å². The highest BCUT2D eigenvalue weighted by atomic mass is 16.3. The van der Waals surface area contributed by atoms with Gasteiger partial charge >= 0.3 is 0 Å². The van der Waals surface area contributed by atoms with E-state index in [0.29, 0.717) is 0 Å².